The number of aliphatic hydroxyl groups is 1. The smallest absolute Gasteiger partial charge is 0.120 e. The molecule has 0 saturated carbocycles. The molecule has 0 fully saturated rings. The second-order valence-corrected chi connectivity index (χ2v) is 4.47. The van der Waals surface area contributed by atoms with Crippen LogP contribution in [0.5, 0.6) is 5.75 Å². The zero-order valence-electron chi connectivity index (χ0n) is 11.2. The van der Waals surface area contributed by atoms with Crippen molar-refractivity contribution in [1.29, 1.82) is 0 Å². The summed E-state index contributed by atoms with van der Waals surface area (Å²) in [7, 11) is 0. The van der Waals surface area contributed by atoms with Gasteiger partial charge >= 0.3 is 0 Å². The highest BCUT2D eigenvalue weighted by Crippen LogP contribution is 2.20. The molecule has 0 bridgehead atoms. The van der Waals surface area contributed by atoms with Crippen LogP contribution in [0.4, 0.5) is 0 Å². The molecule has 1 atom stereocenters. The van der Waals surface area contributed by atoms with Crippen LogP contribution >= 0.6 is 12.4 Å². The van der Waals surface area contributed by atoms with Gasteiger partial charge in [-0.3, -0.25) is 0 Å². The Morgan fingerprint density at radius 2 is 1.80 bits per heavy atom. The molecule has 0 unspecified atom stereocenters. The van der Waals surface area contributed by atoms with Crippen molar-refractivity contribution in [2.75, 3.05) is 6.61 Å². The molecule has 0 heterocycles. The van der Waals surface area contributed by atoms with E-state index in [9.17, 15) is 0 Å². The lowest BCUT2D eigenvalue weighted by Crippen LogP contribution is -2.11. The minimum absolute atomic E-state index is 0. The van der Waals surface area contributed by atoms with Gasteiger partial charge in [-0.25, -0.2) is 0 Å². The zero-order valence-corrected chi connectivity index (χ0v) is 12.1. The number of ether oxygens (including phenoxy) is 1. The summed E-state index contributed by atoms with van der Waals surface area (Å²) in [6.45, 7) is 0.635. The van der Waals surface area contributed by atoms with E-state index in [0.29, 0.717) is 13.0 Å². The van der Waals surface area contributed by atoms with Crippen LogP contribution in [0.1, 0.15) is 23.6 Å². The van der Waals surface area contributed by atoms with Crippen molar-refractivity contribution >= 4 is 12.4 Å². The molecule has 0 amide bonds. The van der Waals surface area contributed by atoms with Crippen LogP contribution in [0.15, 0.2) is 54.6 Å². The first-order chi connectivity index (χ1) is 9.29. The fraction of sp³-hybridized carbons (Fsp3) is 0.250. The predicted molar refractivity (Wildman–Crippen MR) is 83.1 cm³/mol. The molecule has 0 saturated heterocycles. The summed E-state index contributed by atoms with van der Waals surface area (Å²) in [6, 6.07) is 17.6. The fourth-order valence-corrected chi connectivity index (χ4v) is 1.88. The van der Waals surface area contributed by atoms with Gasteiger partial charge < -0.3 is 15.6 Å². The number of benzene rings is 2. The molecule has 2 rings (SSSR count). The Labute approximate surface area is 125 Å². The fourth-order valence-electron chi connectivity index (χ4n) is 1.88. The van der Waals surface area contributed by atoms with Gasteiger partial charge in [-0.15, -0.1) is 12.4 Å². The molecular formula is C16H20ClNO2. The van der Waals surface area contributed by atoms with Crippen LogP contribution in [0, 0.1) is 0 Å². The maximum atomic E-state index is 8.91. The van der Waals surface area contributed by atoms with Crippen LogP contribution in [0.25, 0.3) is 0 Å². The molecule has 3 nitrogen and oxygen atoms in total. The summed E-state index contributed by atoms with van der Waals surface area (Å²) in [6.07, 6.45) is 0.558. The SMILES string of the molecule is Cl.N[C@@H](CCO)c1cccc(OCc2ccccc2)c1. The molecule has 0 aliphatic rings. The Hall–Kier alpha value is -1.55. The van der Waals surface area contributed by atoms with E-state index in [0.717, 1.165) is 16.9 Å². The lowest BCUT2D eigenvalue weighted by Gasteiger charge is -2.12. The van der Waals surface area contributed by atoms with Crippen molar-refractivity contribution in [1.82, 2.24) is 0 Å². The van der Waals surface area contributed by atoms with Crippen LogP contribution in [0.2, 0.25) is 0 Å². The van der Waals surface area contributed by atoms with Gasteiger partial charge in [0, 0.05) is 12.6 Å². The third kappa shape index (κ3) is 4.85. The molecule has 0 spiro atoms. The minimum Gasteiger partial charge on any atom is -0.489 e. The van der Waals surface area contributed by atoms with Gasteiger partial charge in [-0.2, -0.15) is 0 Å². The maximum absolute atomic E-state index is 8.91. The van der Waals surface area contributed by atoms with Crippen molar-refractivity contribution in [3.05, 3.63) is 65.7 Å². The summed E-state index contributed by atoms with van der Waals surface area (Å²) >= 11 is 0. The third-order valence-corrected chi connectivity index (χ3v) is 2.97. The highest BCUT2D eigenvalue weighted by atomic mass is 35.5. The molecule has 0 aliphatic carbocycles. The van der Waals surface area contributed by atoms with Crippen molar-refractivity contribution in [3.8, 4) is 5.75 Å². The highest BCUT2D eigenvalue weighted by Gasteiger charge is 2.06. The van der Waals surface area contributed by atoms with E-state index in [-0.39, 0.29) is 25.1 Å². The van der Waals surface area contributed by atoms with Gasteiger partial charge in [-0.05, 0) is 29.7 Å². The Bertz CT molecular complexity index is 505. The molecule has 0 aliphatic heterocycles. The van der Waals surface area contributed by atoms with Crippen molar-refractivity contribution in [2.24, 2.45) is 5.73 Å². The molecule has 20 heavy (non-hydrogen) atoms. The molecule has 108 valence electrons. The van der Waals surface area contributed by atoms with Crippen molar-refractivity contribution in [3.63, 3.8) is 0 Å². The van der Waals surface area contributed by atoms with Crippen LogP contribution in [-0.4, -0.2) is 11.7 Å². The second kappa shape index (κ2) is 8.59. The van der Waals surface area contributed by atoms with Gasteiger partial charge in [0.05, 0.1) is 0 Å². The summed E-state index contributed by atoms with van der Waals surface area (Å²) < 4.78 is 5.74. The third-order valence-electron chi connectivity index (χ3n) is 2.97. The average Bonchev–Trinajstić information content (AvgIpc) is 2.47. The summed E-state index contributed by atoms with van der Waals surface area (Å²) in [5.74, 6) is 0.801. The van der Waals surface area contributed by atoms with E-state index in [2.05, 4.69) is 0 Å². The van der Waals surface area contributed by atoms with E-state index >= 15 is 0 Å². The highest BCUT2D eigenvalue weighted by molar-refractivity contribution is 5.85. The first-order valence-electron chi connectivity index (χ1n) is 6.42. The standard InChI is InChI=1S/C16H19NO2.ClH/c17-16(9-10-18)14-7-4-8-15(11-14)19-12-13-5-2-1-3-6-13;/h1-8,11,16,18H,9-10,12,17H2;1H/t16-;/m0./s1. The summed E-state index contributed by atoms with van der Waals surface area (Å²) in [5, 5.41) is 8.91. The van der Waals surface area contributed by atoms with Gasteiger partial charge in [0.15, 0.2) is 0 Å². The molecule has 2 aromatic carbocycles. The van der Waals surface area contributed by atoms with Crippen LogP contribution in [0.3, 0.4) is 0 Å². The summed E-state index contributed by atoms with van der Waals surface area (Å²) in [4.78, 5) is 0. The van der Waals surface area contributed by atoms with Gasteiger partial charge in [0.1, 0.15) is 12.4 Å². The largest absolute Gasteiger partial charge is 0.489 e. The number of halogens is 1. The molecule has 3 N–H and O–H groups in total. The van der Waals surface area contributed by atoms with Gasteiger partial charge in [0.2, 0.25) is 0 Å². The minimum atomic E-state index is -0.148. The van der Waals surface area contributed by atoms with E-state index < -0.39 is 0 Å². The quantitative estimate of drug-likeness (QED) is 0.860. The van der Waals surface area contributed by atoms with E-state index in [1.165, 1.54) is 0 Å². The van der Waals surface area contributed by atoms with Crippen LogP contribution in [-0.2, 0) is 6.61 Å². The number of nitrogens with two attached hydrogens (primary N) is 1. The van der Waals surface area contributed by atoms with Gasteiger partial charge in [-0.1, -0.05) is 42.5 Å². The average molecular weight is 294 g/mol. The van der Waals surface area contributed by atoms with E-state index in [1.807, 2.05) is 54.6 Å². The normalized spacial score (nSPS) is 11.5. The Balaban J connectivity index is 0.00000200. The van der Waals surface area contributed by atoms with Gasteiger partial charge in [0.25, 0.3) is 0 Å². The number of hydrogen-bond acceptors (Lipinski definition) is 3. The summed E-state index contributed by atoms with van der Waals surface area (Å²) in [5.41, 5.74) is 8.08. The monoisotopic (exact) mass is 293 g/mol. The Morgan fingerprint density at radius 3 is 2.50 bits per heavy atom. The molecule has 2 aromatic rings. The van der Waals surface area contributed by atoms with Crippen LogP contribution < -0.4 is 10.5 Å². The predicted octanol–water partition coefficient (Wildman–Crippen LogP) is 3.07. The molecule has 0 aromatic heterocycles. The topological polar surface area (TPSA) is 55.5 Å². The van der Waals surface area contributed by atoms with E-state index in [4.69, 9.17) is 15.6 Å². The first-order valence-corrected chi connectivity index (χ1v) is 6.42. The number of aliphatic hydroxyl groups excluding tert-OH is 1. The van der Waals surface area contributed by atoms with E-state index in [1.54, 1.807) is 0 Å². The lowest BCUT2D eigenvalue weighted by atomic mass is 10.1. The Kier molecular flexibility index (Phi) is 7.09. The maximum Gasteiger partial charge on any atom is 0.120 e. The molecule has 0 radical (unpaired) electrons. The Morgan fingerprint density at radius 1 is 1.05 bits per heavy atom. The number of hydrogen-bond donors (Lipinski definition) is 2. The van der Waals surface area contributed by atoms with Crippen molar-refractivity contribution < 1.29 is 9.84 Å². The first kappa shape index (κ1) is 16.5. The molecular weight excluding hydrogens is 274 g/mol. The number of rotatable bonds is 6. The zero-order chi connectivity index (χ0) is 13.5. The van der Waals surface area contributed by atoms with Crippen molar-refractivity contribution in [2.45, 2.75) is 19.1 Å². The lowest BCUT2D eigenvalue weighted by molar-refractivity contribution is 0.276. The second-order valence-electron chi connectivity index (χ2n) is 4.47. The molecule has 4 heteroatoms.